The second-order valence-electron chi connectivity index (χ2n) is 7.10. The summed E-state index contributed by atoms with van der Waals surface area (Å²) in [6.07, 6.45) is 3.41. The van der Waals surface area contributed by atoms with Crippen LogP contribution in [0.25, 0.3) is 11.4 Å². The highest BCUT2D eigenvalue weighted by molar-refractivity contribution is 6.00. The Labute approximate surface area is 167 Å². The molecule has 8 nitrogen and oxygen atoms in total. The van der Waals surface area contributed by atoms with Crippen molar-refractivity contribution in [2.75, 3.05) is 23.8 Å². The lowest BCUT2D eigenvalue weighted by Gasteiger charge is -2.20. The van der Waals surface area contributed by atoms with Gasteiger partial charge in [-0.05, 0) is 37.1 Å². The summed E-state index contributed by atoms with van der Waals surface area (Å²) in [4.78, 5) is 16.9. The first kappa shape index (κ1) is 17.5. The number of benzene rings is 2. The van der Waals surface area contributed by atoms with E-state index in [-0.39, 0.29) is 6.03 Å². The Morgan fingerprint density at radius 2 is 1.76 bits per heavy atom. The van der Waals surface area contributed by atoms with Gasteiger partial charge in [-0.15, -0.1) is 0 Å². The van der Waals surface area contributed by atoms with Gasteiger partial charge in [-0.1, -0.05) is 23.7 Å². The van der Waals surface area contributed by atoms with Crippen LogP contribution in [-0.2, 0) is 0 Å². The fourth-order valence-electron chi connectivity index (χ4n) is 3.32. The van der Waals surface area contributed by atoms with Gasteiger partial charge in [-0.3, -0.25) is 0 Å². The first-order chi connectivity index (χ1) is 14.2. The summed E-state index contributed by atoms with van der Waals surface area (Å²) in [5, 5.41) is 9.70. The van der Waals surface area contributed by atoms with Gasteiger partial charge in [0.05, 0.1) is 0 Å². The number of rotatable bonds is 4. The zero-order chi connectivity index (χ0) is 19.6. The number of nitrogens with one attached hydrogen (secondary N) is 2. The predicted octanol–water partition coefficient (Wildman–Crippen LogP) is 4.42. The number of ether oxygens (including phenoxy) is 2. The summed E-state index contributed by atoms with van der Waals surface area (Å²) in [7, 11) is 0. The lowest BCUT2D eigenvalue weighted by Crippen LogP contribution is -2.20. The fraction of sp³-hybridized carbons (Fsp3) is 0.286. The zero-order valence-electron chi connectivity index (χ0n) is 15.7. The van der Waals surface area contributed by atoms with Crippen LogP contribution in [0.15, 0.2) is 47.0 Å². The normalized spacial score (nSPS) is 15.4. The number of carbonyl (C=O) groups excluding carboxylic acids is 1. The van der Waals surface area contributed by atoms with E-state index in [4.69, 9.17) is 14.0 Å². The van der Waals surface area contributed by atoms with E-state index in [1.807, 2.05) is 18.2 Å². The van der Waals surface area contributed by atoms with E-state index in [2.05, 4.69) is 20.8 Å². The summed E-state index contributed by atoms with van der Waals surface area (Å²) in [6, 6.07) is 12.3. The highest BCUT2D eigenvalue weighted by Crippen LogP contribution is 2.36. The third-order valence-electron chi connectivity index (χ3n) is 5.07. The topological polar surface area (TPSA) is 98.5 Å². The Balaban J connectivity index is 1.26. The van der Waals surface area contributed by atoms with Gasteiger partial charge in [-0.2, -0.15) is 4.98 Å². The molecule has 2 aromatic carbocycles. The van der Waals surface area contributed by atoms with E-state index < -0.39 is 0 Å². The van der Waals surface area contributed by atoms with E-state index in [0.29, 0.717) is 53.7 Å². The molecule has 3 aromatic rings. The average Bonchev–Trinajstić information content (AvgIpc) is 3.16. The summed E-state index contributed by atoms with van der Waals surface area (Å²) in [5.41, 5.74) is 2.04. The second-order valence-corrected chi connectivity index (χ2v) is 7.10. The van der Waals surface area contributed by atoms with Crippen LogP contribution in [0, 0.1) is 0 Å². The van der Waals surface area contributed by atoms with Gasteiger partial charge in [0.1, 0.15) is 13.2 Å². The molecule has 148 valence electrons. The third-order valence-corrected chi connectivity index (χ3v) is 5.07. The molecule has 0 radical (unpaired) electrons. The van der Waals surface area contributed by atoms with Gasteiger partial charge in [0, 0.05) is 28.9 Å². The van der Waals surface area contributed by atoms with E-state index in [1.54, 1.807) is 24.3 Å². The zero-order valence-corrected chi connectivity index (χ0v) is 15.7. The summed E-state index contributed by atoms with van der Waals surface area (Å²) < 4.78 is 16.4. The molecule has 8 heteroatoms. The van der Waals surface area contributed by atoms with Crippen molar-refractivity contribution >= 4 is 17.4 Å². The third kappa shape index (κ3) is 3.73. The number of fused-ring (bicyclic) bond motifs is 1. The lowest BCUT2D eigenvalue weighted by molar-refractivity contribution is 0.171. The molecule has 0 unspecified atom stereocenters. The van der Waals surface area contributed by atoms with E-state index in [1.165, 1.54) is 6.42 Å². The van der Waals surface area contributed by atoms with Crippen molar-refractivity contribution in [3.63, 3.8) is 0 Å². The number of aromatic nitrogens is 2. The van der Waals surface area contributed by atoms with E-state index in [0.717, 1.165) is 18.4 Å². The molecule has 2 heterocycles. The number of amides is 2. The Bertz CT molecular complexity index is 1040. The molecule has 1 saturated carbocycles. The van der Waals surface area contributed by atoms with Gasteiger partial charge in [-0.25, -0.2) is 4.79 Å². The molecule has 5 rings (SSSR count). The molecule has 1 aliphatic carbocycles. The number of urea groups is 1. The minimum atomic E-state index is -0.359. The van der Waals surface area contributed by atoms with Crippen molar-refractivity contribution in [2.24, 2.45) is 0 Å². The Hall–Kier alpha value is -3.55. The highest BCUT2D eigenvalue weighted by atomic mass is 16.6. The number of hydrogen-bond acceptors (Lipinski definition) is 6. The van der Waals surface area contributed by atoms with Crippen LogP contribution in [0.5, 0.6) is 11.5 Å². The van der Waals surface area contributed by atoms with Crippen molar-refractivity contribution < 1.29 is 18.8 Å². The molecule has 0 bridgehead atoms. The van der Waals surface area contributed by atoms with Gasteiger partial charge >= 0.3 is 6.03 Å². The fourth-order valence-corrected chi connectivity index (χ4v) is 3.32. The number of carbonyl (C=O) groups is 1. The maximum Gasteiger partial charge on any atom is 0.323 e. The molecular weight excluding hydrogens is 372 g/mol. The van der Waals surface area contributed by atoms with E-state index >= 15 is 0 Å². The van der Waals surface area contributed by atoms with Crippen LogP contribution in [0.3, 0.4) is 0 Å². The molecule has 0 saturated heterocycles. The van der Waals surface area contributed by atoms with Crippen molar-refractivity contribution in [1.82, 2.24) is 10.1 Å². The minimum absolute atomic E-state index is 0.359. The predicted molar refractivity (Wildman–Crippen MR) is 106 cm³/mol. The standard InChI is InChI=1S/C21H20N4O4/c26-21(23-16-7-8-17-18(12-16)28-10-9-27-17)22-15-6-2-5-14(11-15)19-24-20(29-25-19)13-3-1-4-13/h2,5-8,11-13H,1,3-4,9-10H2,(H2,22,23,26). The van der Waals surface area contributed by atoms with Crippen LogP contribution in [0.1, 0.15) is 31.1 Å². The molecule has 1 aromatic heterocycles. The summed E-state index contributed by atoms with van der Waals surface area (Å²) in [6.45, 7) is 1.02. The van der Waals surface area contributed by atoms with Crippen LogP contribution in [0.2, 0.25) is 0 Å². The summed E-state index contributed by atoms with van der Waals surface area (Å²) >= 11 is 0. The molecule has 2 N–H and O–H groups in total. The average molecular weight is 392 g/mol. The summed E-state index contributed by atoms with van der Waals surface area (Å²) in [5.74, 6) is 2.91. The van der Waals surface area contributed by atoms with Crippen LogP contribution in [0.4, 0.5) is 16.2 Å². The minimum Gasteiger partial charge on any atom is -0.486 e. The first-order valence-corrected chi connectivity index (χ1v) is 9.66. The molecule has 29 heavy (non-hydrogen) atoms. The number of anilines is 2. The van der Waals surface area contributed by atoms with Crippen molar-refractivity contribution in [2.45, 2.75) is 25.2 Å². The maximum absolute atomic E-state index is 12.4. The van der Waals surface area contributed by atoms with Crippen molar-refractivity contribution in [3.8, 4) is 22.9 Å². The smallest absolute Gasteiger partial charge is 0.323 e. The molecule has 0 spiro atoms. The molecule has 2 aliphatic rings. The van der Waals surface area contributed by atoms with Crippen LogP contribution in [-0.4, -0.2) is 29.4 Å². The number of hydrogen-bond donors (Lipinski definition) is 2. The van der Waals surface area contributed by atoms with Crippen LogP contribution < -0.4 is 20.1 Å². The lowest BCUT2D eigenvalue weighted by atomic mass is 9.85. The van der Waals surface area contributed by atoms with Crippen molar-refractivity contribution in [3.05, 3.63) is 48.4 Å². The Morgan fingerprint density at radius 3 is 2.55 bits per heavy atom. The molecule has 1 fully saturated rings. The molecule has 1 aliphatic heterocycles. The quantitative estimate of drug-likeness (QED) is 0.682. The Morgan fingerprint density at radius 1 is 0.966 bits per heavy atom. The van der Waals surface area contributed by atoms with Gasteiger partial charge in [0.2, 0.25) is 11.7 Å². The van der Waals surface area contributed by atoms with Crippen molar-refractivity contribution in [1.29, 1.82) is 0 Å². The van der Waals surface area contributed by atoms with Crippen LogP contribution >= 0.6 is 0 Å². The first-order valence-electron chi connectivity index (χ1n) is 9.66. The van der Waals surface area contributed by atoms with Gasteiger partial charge < -0.3 is 24.6 Å². The second kappa shape index (κ2) is 7.46. The Kier molecular flexibility index (Phi) is 4.51. The monoisotopic (exact) mass is 392 g/mol. The van der Waals surface area contributed by atoms with E-state index in [9.17, 15) is 4.79 Å². The largest absolute Gasteiger partial charge is 0.486 e. The van der Waals surface area contributed by atoms with Gasteiger partial charge in [0.15, 0.2) is 11.5 Å². The highest BCUT2D eigenvalue weighted by Gasteiger charge is 2.25. The van der Waals surface area contributed by atoms with Gasteiger partial charge in [0.25, 0.3) is 0 Å². The molecule has 2 amide bonds. The number of nitrogens with zero attached hydrogens (tertiary/aromatic N) is 2. The SMILES string of the molecule is O=C(Nc1cccc(-c2noc(C3CCC3)n2)c1)Nc1ccc2c(c1)OCCO2. The molecule has 0 atom stereocenters. The maximum atomic E-state index is 12.4. The molecular formula is C21H20N4O4.